The number of hydrogen-bond acceptors (Lipinski definition) is 10. The van der Waals surface area contributed by atoms with Crippen molar-refractivity contribution in [2.75, 3.05) is 91.8 Å². The number of ether oxygens (including phenoxy) is 3. The van der Waals surface area contributed by atoms with E-state index < -0.39 is 0 Å². The normalized spacial score (nSPS) is 15.6. The van der Waals surface area contributed by atoms with Crippen molar-refractivity contribution >= 4 is 17.9 Å². The lowest BCUT2D eigenvalue weighted by atomic mass is 10.3. The summed E-state index contributed by atoms with van der Waals surface area (Å²) in [7, 11) is 0. The first-order valence-corrected chi connectivity index (χ1v) is 15.8. The van der Waals surface area contributed by atoms with E-state index in [1.54, 1.807) is 0 Å². The molecular formula is C30H58N4O6. The average molecular weight is 571 g/mol. The Morgan fingerprint density at radius 2 is 1.02 bits per heavy atom. The number of carbonyl (C=O) groups excluding carboxylic acids is 3. The van der Waals surface area contributed by atoms with Gasteiger partial charge in [-0.3, -0.25) is 14.4 Å². The van der Waals surface area contributed by atoms with E-state index in [1.165, 1.54) is 38.8 Å². The Morgan fingerprint density at radius 1 is 0.600 bits per heavy atom. The standard InChI is InChI=1S/C18H34N2O4.C12H24N2O2/c1-3-15-23-17(21)7-11-20(12-8-18(22)24-16-4-2)14-13-19-9-5-6-10-19;1-2-11-16-12(15)5-6-13-7-10-14-8-3-4-9-14/h3-16H2,1-2H3;13H,2-11H2,1H3. The number of carbonyl (C=O) groups is 3. The first-order valence-electron chi connectivity index (χ1n) is 15.8. The maximum Gasteiger partial charge on any atom is 0.307 e. The Morgan fingerprint density at radius 3 is 1.48 bits per heavy atom. The third-order valence-electron chi connectivity index (χ3n) is 6.91. The Hall–Kier alpha value is -1.75. The summed E-state index contributed by atoms with van der Waals surface area (Å²) in [6.07, 6.45) is 9.04. The van der Waals surface area contributed by atoms with Gasteiger partial charge in [-0.2, -0.15) is 0 Å². The van der Waals surface area contributed by atoms with Crippen LogP contribution < -0.4 is 5.32 Å². The van der Waals surface area contributed by atoms with Gasteiger partial charge in [-0.15, -0.1) is 0 Å². The van der Waals surface area contributed by atoms with Gasteiger partial charge in [0.2, 0.25) is 0 Å². The van der Waals surface area contributed by atoms with Crippen molar-refractivity contribution in [2.45, 2.75) is 85.0 Å². The van der Waals surface area contributed by atoms with E-state index in [0.717, 1.165) is 65.1 Å². The summed E-state index contributed by atoms with van der Waals surface area (Å²) in [4.78, 5) is 41.6. The largest absolute Gasteiger partial charge is 0.466 e. The van der Waals surface area contributed by atoms with Crippen LogP contribution in [-0.4, -0.2) is 124 Å². The minimum absolute atomic E-state index is 0.0875. The predicted octanol–water partition coefficient (Wildman–Crippen LogP) is 3.09. The van der Waals surface area contributed by atoms with Crippen molar-refractivity contribution in [3.8, 4) is 0 Å². The van der Waals surface area contributed by atoms with Gasteiger partial charge in [-0.05, 0) is 71.1 Å². The molecule has 0 amide bonds. The zero-order valence-electron chi connectivity index (χ0n) is 25.8. The molecule has 40 heavy (non-hydrogen) atoms. The second-order valence-electron chi connectivity index (χ2n) is 10.6. The van der Waals surface area contributed by atoms with Gasteiger partial charge in [0.25, 0.3) is 0 Å². The molecule has 2 rings (SSSR count). The molecule has 0 aliphatic carbocycles. The lowest BCUT2D eigenvalue weighted by Gasteiger charge is -2.24. The molecule has 0 aromatic rings. The minimum Gasteiger partial charge on any atom is -0.466 e. The lowest BCUT2D eigenvalue weighted by molar-refractivity contribution is -0.145. The van der Waals surface area contributed by atoms with Gasteiger partial charge in [0.05, 0.1) is 39.1 Å². The first-order chi connectivity index (χ1) is 19.5. The van der Waals surface area contributed by atoms with E-state index in [4.69, 9.17) is 14.2 Å². The highest BCUT2D eigenvalue weighted by Gasteiger charge is 2.16. The summed E-state index contributed by atoms with van der Waals surface area (Å²) in [6.45, 7) is 18.2. The smallest absolute Gasteiger partial charge is 0.307 e. The molecule has 2 aliphatic rings. The molecule has 234 valence electrons. The first kappa shape index (κ1) is 36.3. The van der Waals surface area contributed by atoms with Crippen LogP contribution in [0.3, 0.4) is 0 Å². The fraction of sp³-hybridized carbons (Fsp3) is 0.900. The third-order valence-corrected chi connectivity index (χ3v) is 6.91. The van der Waals surface area contributed by atoms with Gasteiger partial charge in [0.1, 0.15) is 0 Å². The monoisotopic (exact) mass is 570 g/mol. The van der Waals surface area contributed by atoms with E-state index in [1.807, 2.05) is 20.8 Å². The summed E-state index contributed by atoms with van der Waals surface area (Å²) < 4.78 is 15.2. The van der Waals surface area contributed by atoms with Gasteiger partial charge in [-0.25, -0.2) is 0 Å². The highest BCUT2D eigenvalue weighted by Crippen LogP contribution is 2.08. The SMILES string of the molecule is CCCOC(=O)CCN(CCC(=O)OCCC)CCN1CCCC1.CCCOC(=O)CCNCCN1CCCC1. The second kappa shape index (κ2) is 25.0. The van der Waals surface area contributed by atoms with Crippen LogP contribution in [0.4, 0.5) is 0 Å². The van der Waals surface area contributed by atoms with Crippen LogP contribution >= 0.6 is 0 Å². The van der Waals surface area contributed by atoms with Crippen molar-refractivity contribution < 1.29 is 28.6 Å². The molecule has 0 radical (unpaired) electrons. The second-order valence-corrected chi connectivity index (χ2v) is 10.6. The molecule has 2 heterocycles. The molecule has 2 aliphatic heterocycles. The zero-order valence-corrected chi connectivity index (χ0v) is 25.8. The molecule has 1 N–H and O–H groups in total. The maximum absolute atomic E-state index is 11.7. The van der Waals surface area contributed by atoms with Crippen molar-refractivity contribution in [3.63, 3.8) is 0 Å². The minimum atomic E-state index is -0.156. The van der Waals surface area contributed by atoms with Gasteiger partial charge in [-0.1, -0.05) is 20.8 Å². The Bertz CT molecular complexity index is 630. The van der Waals surface area contributed by atoms with E-state index in [2.05, 4.69) is 20.0 Å². The third kappa shape index (κ3) is 20.2. The highest BCUT2D eigenvalue weighted by atomic mass is 16.5. The molecule has 0 aromatic carbocycles. The fourth-order valence-electron chi connectivity index (χ4n) is 4.55. The van der Waals surface area contributed by atoms with Crippen molar-refractivity contribution in [1.82, 2.24) is 20.0 Å². The van der Waals surface area contributed by atoms with Crippen LogP contribution in [0, 0.1) is 0 Å². The summed E-state index contributed by atoms with van der Waals surface area (Å²) >= 11 is 0. The number of esters is 3. The lowest BCUT2D eigenvalue weighted by Crippen LogP contribution is -2.36. The molecule has 2 fully saturated rings. The van der Waals surface area contributed by atoms with Crippen LogP contribution in [-0.2, 0) is 28.6 Å². The van der Waals surface area contributed by atoms with Crippen LogP contribution in [0.25, 0.3) is 0 Å². The van der Waals surface area contributed by atoms with Gasteiger partial charge in [0.15, 0.2) is 0 Å². The van der Waals surface area contributed by atoms with Gasteiger partial charge >= 0.3 is 17.9 Å². The number of likely N-dealkylation sites (tertiary alicyclic amines) is 2. The number of nitrogens with zero attached hydrogens (tertiary/aromatic N) is 3. The Balaban J connectivity index is 0.000000433. The summed E-state index contributed by atoms with van der Waals surface area (Å²) in [5.74, 6) is -0.399. The zero-order chi connectivity index (χ0) is 29.3. The molecule has 0 saturated carbocycles. The number of nitrogens with one attached hydrogen (secondary N) is 1. The van der Waals surface area contributed by atoms with Crippen LogP contribution in [0.2, 0.25) is 0 Å². The van der Waals surface area contributed by atoms with Crippen LogP contribution in [0.15, 0.2) is 0 Å². The number of rotatable bonds is 21. The van der Waals surface area contributed by atoms with Crippen LogP contribution in [0.5, 0.6) is 0 Å². The number of hydrogen-bond donors (Lipinski definition) is 1. The molecule has 0 spiro atoms. The Kier molecular flexibility index (Phi) is 22.7. The highest BCUT2D eigenvalue weighted by molar-refractivity contribution is 5.70. The maximum atomic E-state index is 11.7. The summed E-state index contributed by atoms with van der Waals surface area (Å²) in [5, 5.41) is 3.28. The van der Waals surface area contributed by atoms with E-state index >= 15 is 0 Å². The van der Waals surface area contributed by atoms with E-state index in [0.29, 0.717) is 52.2 Å². The Labute approximate surface area is 243 Å². The fourth-order valence-corrected chi connectivity index (χ4v) is 4.55. The summed E-state index contributed by atoms with van der Waals surface area (Å²) in [6, 6.07) is 0. The predicted molar refractivity (Wildman–Crippen MR) is 158 cm³/mol. The molecule has 0 unspecified atom stereocenters. The molecule has 0 aromatic heterocycles. The molecule has 2 saturated heterocycles. The summed E-state index contributed by atoms with van der Waals surface area (Å²) in [5.41, 5.74) is 0. The molecule has 0 atom stereocenters. The van der Waals surface area contributed by atoms with Crippen molar-refractivity contribution in [1.29, 1.82) is 0 Å². The average Bonchev–Trinajstić information content (AvgIpc) is 3.68. The molecular weight excluding hydrogens is 512 g/mol. The van der Waals surface area contributed by atoms with Gasteiger partial charge in [0, 0.05) is 45.8 Å². The molecule has 10 nitrogen and oxygen atoms in total. The van der Waals surface area contributed by atoms with E-state index in [9.17, 15) is 14.4 Å². The van der Waals surface area contributed by atoms with Gasteiger partial charge < -0.3 is 34.2 Å². The van der Waals surface area contributed by atoms with Crippen molar-refractivity contribution in [2.24, 2.45) is 0 Å². The molecule has 10 heteroatoms. The van der Waals surface area contributed by atoms with Crippen LogP contribution in [0.1, 0.15) is 85.0 Å². The van der Waals surface area contributed by atoms with Crippen molar-refractivity contribution in [3.05, 3.63) is 0 Å². The topological polar surface area (TPSA) is 101 Å². The van der Waals surface area contributed by atoms with E-state index in [-0.39, 0.29) is 17.9 Å². The quantitative estimate of drug-likeness (QED) is 0.126. The molecule has 0 bridgehead atoms.